The molecule has 3 nitrogen and oxygen atoms in total. The normalized spacial score (nSPS) is 14.5. The van der Waals surface area contributed by atoms with Gasteiger partial charge in [-0.3, -0.25) is 4.79 Å². The summed E-state index contributed by atoms with van der Waals surface area (Å²) in [6.07, 6.45) is 5.63. The fraction of sp³-hybridized carbons (Fsp3) is 0.409. The van der Waals surface area contributed by atoms with Crippen LogP contribution in [0.1, 0.15) is 55.0 Å². The molecule has 0 unspecified atom stereocenters. The van der Waals surface area contributed by atoms with E-state index in [4.69, 9.17) is 4.74 Å². The minimum atomic E-state index is -0.0829. The van der Waals surface area contributed by atoms with Crippen LogP contribution in [0.4, 0.5) is 0 Å². The number of rotatable bonds is 6. The van der Waals surface area contributed by atoms with Gasteiger partial charge in [0, 0.05) is 0 Å². The van der Waals surface area contributed by atoms with Crippen LogP contribution in [-0.2, 0) is 24.1 Å². The number of hydrogen-bond acceptors (Lipinski definition) is 2. The molecule has 0 bridgehead atoms. The number of carbonyl (C=O) groups excluding carboxylic acids is 1. The van der Waals surface area contributed by atoms with Crippen molar-refractivity contribution in [3.63, 3.8) is 0 Å². The fourth-order valence-corrected chi connectivity index (χ4v) is 3.43. The van der Waals surface area contributed by atoms with Gasteiger partial charge in [-0.1, -0.05) is 43.3 Å². The first-order chi connectivity index (χ1) is 12.2. The molecule has 2 aromatic rings. The topological polar surface area (TPSA) is 38.3 Å². The zero-order chi connectivity index (χ0) is 17.6. The number of fused-ring (bicyclic) bond motifs is 1. The third kappa shape index (κ3) is 4.41. The fourth-order valence-electron chi connectivity index (χ4n) is 3.43. The summed E-state index contributed by atoms with van der Waals surface area (Å²) in [5.41, 5.74) is 5.07. The average molecular weight is 337 g/mol. The van der Waals surface area contributed by atoms with Crippen LogP contribution >= 0.6 is 0 Å². The summed E-state index contributed by atoms with van der Waals surface area (Å²) in [5.74, 6) is 0.785. The van der Waals surface area contributed by atoms with E-state index < -0.39 is 0 Å². The number of benzene rings is 2. The maximum absolute atomic E-state index is 12.3. The van der Waals surface area contributed by atoms with Gasteiger partial charge in [-0.15, -0.1) is 0 Å². The van der Waals surface area contributed by atoms with Crippen molar-refractivity contribution in [3.8, 4) is 5.75 Å². The zero-order valence-electron chi connectivity index (χ0n) is 15.2. The van der Waals surface area contributed by atoms with Crippen molar-refractivity contribution in [3.05, 3.63) is 64.7 Å². The van der Waals surface area contributed by atoms with Crippen LogP contribution in [0.5, 0.6) is 5.75 Å². The second-order valence-corrected chi connectivity index (χ2v) is 6.77. The third-order valence-electron chi connectivity index (χ3n) is 4.98. The molecule has 0 radical (unpaired) electrons. The van der Waals surface area contributed by atoms with Crippen LogP contribution < -0.4 is 10.1 Å². The molecule has 25 heavy (non-hydrogen) atoms. The molecule has 0 heterocycles. The molecule has 132 valence electrons. The van der Waals surface area contributed by atoms with Gasteiger partial charge >= 0.3 is 0 Å². The Morgan fingerprint density at radius 3 is 2.64 bits per heavy atom. The van der Waals surface area contributed by atoms with Crippen molar-refractivity contribution >= 4 is 5.91 Å². The Morgan fingerprint density at radius 1 is 1.12 bits per heavy atom. The molecule has 0 spiro atoms. The molecule has 0 aliphatic heterocycles. The monoisotopic (exact) mass is 337 g/mol. The van der Waals surface area contributed by atoms with Crippen molar-refractivity contribution in [1.82, 2.24) is 5.32 Å². The highest BCUT2D eigenvalue weighted by molar-refractivity contribution is 5.78. The predicted octanol–water partition coefficient (Wildman–Crippen LogP) is 4.38. The van der Waals surface area contributed by atoms with Crippen molar-refractivity contribution in [1.29, 1.82) is 0 Å². The van der Waals surface area contributed by atoms with Gasteiger partial charge in [-0.2, -0.15) is 0 Å². The maximum Gasteiger partial charge on any atom is 0.258 e. The molecule has 0 saturated carbocycles. The SMILES string of the molecule is CCc1ccc([C@@H](C)NC(=O)COc2cccc3c2CCCC3)cc1. The lowest BCUT2D eigenvalue weighted by Crippen LogP contribution is -2.31. The third-order valence-corrected chi connectivity index (χ3v) is 4.98. The molecule has 0 aromatic heterocycles. The molecule has 2 aromatic carbocycles. The highest BCUT2D eigenvalue weighted by Gasteiger charge is 2.15. The van der Waals surface area contributed by atoms with Gasteiger partial charge in [0.15, 0.2) is 6.61 Å². The van der Waals surface area contributed by atoms with E-state index in [2.05, 4.69) is 42.6 Å². The van der Waals surface area contributed by atoms with Gasteiger partial charge in [-0.05, 0) is 67.3 Å². The van der Waals surface area contributed by atoms with Gasteiger partial charge in [-0.25, -0.2) is 0 Å². The number of ether oxygens (including phenoxy) is 1. The molecule has 1 atom stereocenters. The zero-order valence-corrected chi connectivity index (χ0v) is 15.2. The van der Waals surface area contributed by atoms with Crippen LogP contribution in [0.3, 0.4) is 0 Å². The van der Waals surface area contributed by atoms with E-state index in [0.717, 1.165) is 30.6 Å². The second kappa shape index (κ2) is 8.19. The van der Waals surface area contributed by atoms with Gasteiger partial charge in [0.1, 0.15) is 5.75 Å². The van der Waals surface area contributed by atoms with E-state index in [-0.39, 0.29) is 18.6 Å². The van der Waals surface area contributed by atoms with E-state index in [1.807, 2.05) is 19.1 Å². The van der Waals surface area contributed by atoms with Gasteiger partial charge in [0.25, 0.3) is 5.91 Å². The molecule has 1 amide bonds. The lowest BCUT2D eigenvalue weighted by atomic mass is 9.91. The average Bonchev–Trinajstić information content (AvgIpc) is 2.66. The first-order valence-electron chi connectivity index (χ1n) is 9.29. The number of nitrogens with one attached hydrogen (secondary N) is 1. The Labute approximate surface area is 150 Å². The summed E-state index contributed by atoms with van der Waals surface area (Å²) in [6, 6.07) is 14.5. The van der Waals surface area contributed by atoms with Crippen molar-refractivity contribution in [2.45, 2.75) is 52.0 Å². The smallest absolute Gasteiger partial charge is 0.258 e. The van der Waals surface area contributed by atoms with Gasteiger partial charge in [0.2, 0.25) is 0 Å². The Morgan fingerprint density at radius 2 is 1.88 bits per heavy atom. The summed E-state index contributed by atoms with van der Waals surface area (Å²) >= 11 is 0. The Kier molecular flexibility index (Phi) is 5.75. The van der Waals surface area contributed by atoms with Crippen LogP contribution in [0.25, 0.3) is 0 Å². The lowest BCUT2D eigenvalue weighted by Gasteiger charge is -2.20. The number of aryl methyl sites for hydroxylation is 2. The molecule has 1 N–H and O–H groups in total. The van der Waals surface area contributed by atoms with Crippen LogP contribution in [-0.4, -0.2) is 12.5 Å². The van der Waals surface area contributed by atoms with Crippen molar-refractivity contribution in [2.75, 3.05) is 6.61 Å². The highest BCUT2D eigenvalue weighted by Crippen LogP contribution is 2.29. The predicted molar refractivity (Wildman–Crippen MR) is 101 cm³/mol. The molecule has 1 aliphatic carbocycles. The van der Waals surface area contributed by atoms with E-state index >= 15 is 0 Å². The Balaban J connectivity index is 1.56. The van der Waals surface area contributed by atoms with E-state index in [1.54, 1.807) is 0 Å². The van der Waals surface area contributed by atoms with E-state index in [0.29, 0.717) is 0 Å². The largest absolute Gasteiger partial charge is 0.483 e. The number of amides is 1. The summed E-state index contributed by atoms with van der Waals surface area (Å²) in [6.45, 7) is 4.21. The maximum atomic E-state index is 12.3. The van der Waals surface area contributed by atoms with Gasteiger partial charge < -0.3 is 10.1 Å². The molecule has 0 fully saturated rings. The molecule has 3 rings (SSSR count). The van der Waals surface area contributed by atoms with Crippen molar-refractivity contribution < 1.29 is 9.53 Å². The van der Waals surface area contributed by atoms with Crippen LogP contribution in [0.2, 0.25) is 0 Å². The Hall–Kier alpha value is -2.29. The summed E-state index contributed by atoms with van der Waals surface area (Å²) in [5, 5.41) is 3.02. The lowest BCUT2D eigenvalue weighted by molar-refractivity contribution is -0.123. The molecule has 0 saturated heterocycles. The minimum Gasteiger partial charge on any atom is -0.483 e. The standard InChI is InChI=1S/C22H27NO2/c1-3-17-11-13-18(14-12-17)16(2)23-22(24)15-25-21-10-6-8-19-7-4-5-9-20(19)21/h6,8,10-14,16H,3-5,7,9,15H2,1-2H3,(H,23,24)/t16-/m1/s1. The van der Waals surface area contributed by atoms with E-state index in [9.17, 15) is 4.79 Å². The molecule has 3 heteroatoms. The quantitative estimate of drug-likeness (QED) is 0.849. The molecule has 1 aliphatic rings. The molecular weight excluding hydrogens is 310 g/mol. The van der Waals surface area contributed by atoms with Crippen LogP contribution in [0.15, 0.2) is 42.5 Å². The summed E-state index contributed by atoms with van der Waals surface area (Å²) < 4.78 is 5.83. The van der Waals surface area contributed by atoms with Gasteiger partial charge in [0.05, 0.1) is 6.04 Å². The highest BCUT2D eigenvalue weighted by atomic mass is 16.5. The van der Waals surface area contributed by atoms with E-state index in [1.165, 1.54) is 29.5 Å². The first kappa shape index (κ1) is 17.5. The second-order valence-electron chi connectivity index (χ2n) is 6.77. The molecular formula is C22H27NO2. The first-order valence-corrected chi connectivity index (χ1v) is 9.29. The Bertz CT molecular complexity index is 721. The minimum absolute atomic E-state index is 0.0216. The number of hydrogen-bond donors (Lipinski definition) is 1. The summed E-state index contributed by atoms with van der Waals surface area (Å²) in [7, 11) is 0. The summed E-state index contributed by atoms with van der Waals surface area (Å²) in [4.78, 5) is 12.3. The number of carbonyl (C=O) groups is 1. The van der Waals surface area contributed by atoms with Crippen LogP contribution in [0, 0.1) is 0 Å². The van der Waals surface area contributed by atoms with Crippen molar-refractivity contribution in [2.24, 2.45) is 0 Å².